The highest BCUT2D eigenvalue weighted by molar-refractivity contribution is 7.99. The van der Waals surface area contributed by atoms with Crippen molar-refractivity contribution in [1.29, 1.82) is 0 Å². The van der Waals surface area contributed by atoms with Crippen LogP contribution in [0.2, 0.25) is 0 Å². The SMILES string of the molecule is CSCCC(NC(=O)C(C)SC)c1nnc2ccccn12. The van der Waals surface area contributed by atoms with Crippen LogP contribution >= 0.6 is 23.5 Å². The molecule has 0 aromatic carbocycles. The first-order chi connectivity index (χ1) is 10.2. The van der Waals surface area contributed by atoms with Gasteiger partial charge in [0, 0.05) is 6.20 Å². The number of carbonyl (C=O) groups excluding carboxylic acids is 1. The van der Waals surface area contributed by atoms with Crippen LogP contribution in [0, 0.1) is 0 Å². The van der Waals surface area contributed by atoms with Crippen molar-refractivity contribution < 1.29 is 4.79 Å². The molecule has 2 rings (SSSR count). The third-order valence-corrected chi connectivity index (χ3v) is 4.87. The number of aromatic nitrogens is 3. The molecular weight excluding hydrogens is 304 g/mol. The van der Waals surface area contributed by atoms with Crippen LogP contribution in [0.5, 0.6) is 0 Å². The lowest BCUT2D eigenvalue weighted by atomic mass is 10.2. The molecule has 0 radical (unpaired) electrons. The maximum absolute atomic E-state index is 12.2. The smallest absolute Gasteiger partial charge is 0.233 e. The van der Waals surface area contributed by atoms with E-state index >= 15 is 0 Å². The average molecular weight is 324 g/mol. The molecule has 0 aliphatic carbocycles. The van der Waals surface area contributed by atoms with Crippen molar-refractivity contribution in [2.45, 2.75) is 24.6 Å². The first kappa shape index (κ1) is 16.2. The van der Waals surface area contributed by atoms with Crippen LogP contribution < -0.4 is 5.32 Å². The first-order valence-corrected chi connectivity index (χ1v) is 9.47. The van der Waals surface area contributed by atoms with Crippen LogP contribution in [0.4, 0.5) is 0 Å². The monoisotopic (exact) mass is 324 g/mol. The summed E-state index contributed by atoms with van der Waals surface area (Å²) in [5.74, 6) is 1.79. The quantitative estimate of drug-likeness (QED) is 0.847. The number of pyridine rings is 1. The Morgan fingerprint density at radius 2 is 2.19 bits per heavy atom. The largest absolute Gasteiger partial charge is 0.345 e. The van der Waals surface area contributed by atoms with E-state index in [-0.39, 0.29) is 17.2 Å². The molecule has 0 saturated carbocycles. The Balaban J connectivity index is 2.25. The van der Waals surface area contributed by atoms with Gasteiger partial charge in [-0.2, -0.15) is 23.5 Å². The number of carbonyl (C=O) groups is 1. The molecule has 1 N–H and O–H groups in total. The van der Waals surface area contributed by atoms with E-state index in [1.807, 2.05) is 42.0 Å². The molecule has 2 atom stereocenters. The molecule has 114 valence electrons. The molecule has 7 heteroatoms. The van der Waals surface area contributed by atoms with E-state index in [2.05, 4.69) is 21.8 Å². The molecule has 5 nitrogen and oxygen atoms in total. The Labute approximate surface area is 133 Å². The normalized spacial score (nSPS) is 14.0. The first-order valence-electron chi connectivity index (χ1n) is 6.79. The van der Waals surface area contributed by atoms with Gasteiger partial charge < -0.3 is 5.32 Å². The van der Waals surface area contributed by atoms with Gasteiger partial charge in [0.15, 0.2) is 11.5 Å². The van der Waals surface area contributed by atoms with Crippen molar-refractivity contribution in [1.82, 2.24) is 19.9 Å². The summed E-state index contributed by atoms with van der Waals surface area (Å²) >= 11 is 3.30. The predicted octanol–water partition coefficient (Wildman–Crippen LogP) is 2.39. The van der Waals surface area contributed by atoms with E-state index < -0.39 is 0 Å². The summed E-state index contributed by atoms with van der Waals surface area (Å²) in [4.78, 5) is 12.2. The number of nitrogens with one attached hydrogen (secondary N) is 1. The lowest BCUT2D eigenvalue weighted by molar-refractivity contribution is -0.121. The van der Waals surface area contributed by atoms with Crippen LogP contribution in [0.25, 0.3) is 5.65 Å². The van der Waals surface area contributed by atoms with Crippen LogP contribution in [0.15, 0.2) is 24.4 Å². The van der Waals surface area contributed by atoms with Gasteiger partial charge >= 0.3 is 0 Å². The number of thioether (sulfide) groups is 2. The molecular formula is C14H20N4OS2. The number of nitrogens with zero attached hydrogens (tertiary/aromatic N) is 3. The van der Waals surface area contributed by atoms with Gasteiger partial charge in [-0.15, -0.1) is 10.2 Å². The number of rotatable bonds is 7. The summed E-state index contributed by atoms with van der Waals surface area (Å²) in [6, 6.07) is 5.67. The molecule has 21 heavy (non-hydrogen) atoms. The highest BCUT2D eigenvalue weighted by Gasteiger charge is 2.22. The topological polar surface area (TPSA) is 59.3 Å². The molecule has 0 bridgehead atoms. The zero-order valence-corrected chi connectivity index (χ0v) is 14.1. The fourth-order valence-electron chi connectivity index (χ4n) is 2.00. The highest BCUT2D eigenvalue weighted by Crippen LogP contribution is 2.19. The maximum Gasteiger partial charge on any atom is 0.233 e. The Morgan fingerprint density at radius 3 is 2.90 bits per heavy atom. The van der Waals surface area contributed by atoms with Crippen molar-refractivity contribution in [2.24, 2.45) is 0 Å². The molecule has 2 heterocycles. The molecule has 0 spiro atoms. The fraction of sp³-hybridized carbons (Fsp3) is 0.500. The van der Waals surface area contributed by atoms with E-state index in [0.29, 0.717) is 0 Å². The van der Waals surface area contributed by atoms with E-state index in [4.69, 9.17) is 0 Å². The summed E-state index contributed by atoms with van der Waals surface area (Å²) in [5.41, 5.74) is 0.800. The van der Waals surface area contributed by atoms with Gasteiger partial charge in [0.2, 0.25) is 5.91 Å². The van der Waals surface area contributed by atoms with Gasteiger partial charge in [-0.25, -0.2) is 0 Å². The highest BCUT2D eigenvalue weighted by atomic mass is 32.2. The molecule has 1 amide bonds. The van der Waals surface area contributed by atoms with E-state index in [1.165, 1.54) is 11.8 Å². The Morgan fingerprint density at radius 1 is 1.38 bits per heavy atom. The van der Waals surface area contributed by atoms with Crippen LogP contribution in [0.1, 0.15) is 25.2 Å². The average Bonchev–Trinajstić information content (AvgIpc) is 2.94. The van der Waals surface area contributed by atoms with Gasteiger partial charge in [0.05, 0.1) is 11.3 Å². The second-order valence-electron chi connectivity index (χ2n) is 4.71. The minimum atomic E-state index is -0.114. The molecule has 2 aromatic heterocycles. The zero-order valence-electron chi connectivity index (χ0n) is 12.4. The van der Waals surface area contributed by atoms with Gasteiger partial charge in [-0.1, -0.05) is 6.07 Å². The molecule has 2 aromatic rings. The van der Waals surface area contributed by atoms with Crippen molar-refractivity contribution in [2.75, 3.05) is 18.3 Å². The van der Waals surface area contributed by atoms with Gasteiger partial charge in [0.25, 0.3) is 0 Å². The van der Waals surface area contributed by atoms with Crippen LogP contribution in [-0.4, -0.2) is 44.0 Å². The Kier molecular flexibility index (Phi) is 5.93. The minimum Gasteiger partial charge on any atom is -0.345 e. The molecule has 0 fully saturated rings. The zero-order chi connectivity index (χ0) is 15.2. The maximum atomic E-state index is 12.2. The van der Waals surface area contributed by atoms with Gasteiger partial charge in [-0.3, -0.25) is 9.20 Å². The van der Waals surface area contributed by atoms with Crippen molar-refractivity contribution in [3.8, 4) is 0 Å². The predicted molar refractivity (Wildman–Crippen MR) is 89.8 cm³/mol. The van der Waals surface area contributed by atoms with Crippen molar-refractivity contribution in [3.05, 3.63) is 30.2 Å². The second-order valence-corrected chi connectivity index (χ2v) is 6.87. The van der Waals surface area contributed by atoms with E-state index in [1.54, 1.807) is 11.8 Å². The molecule has 0 saturated heterocycles. The number of hydrogen-bond acceptors (Lipinski definition) is 5. The van der Waals surface area contributed by atoms with E-state index in [9.17, 15) is 4.79 Å². The number of amides is 1. The number of fused-ring (bicyclic) bond motifs is 1. The standard InChI is InChI=1S/C14H20N4OS2/c1-10(21-3)14(19)15-11(7-9-20-2)13-17-16-12-6-4-5-8-18(12)13/h4-6,8,10-11H,7,9H2,1-3H3,(H,15,19). The summed E-state index contributed by atoms with van der Waals surface area (Å²) in [6.07, 6.45) is 6.77. The van der Waals surface area contributed by atoms with Gasteiger partial charge in [-0.05, 0) is 43.7 Å². The fourth-order valence-corrected chi connectivity index (χ4v) is 2.75. The molecule has 0 aliphatic heterocycles. The summed E-state index contributed by atoms with van der Waals surface area (Å²) < 4.78 is 1.94. The summed E-state index contributed by atoms with van der Waals surface area (Å²) in [5, 5.41) is 11.5. The Hall–Kier alpha value is -1.21. The van der Waals surface area contributed by atoms with Crippen LogP contribution in [-0.2, 0) is 4.79 Å². The van der Waals surface area contributed by atoms with Crippen molar-refractivity contribution >= 4 is 35.1 Å². The van der Waals surface area contributed by atoms with Crippen LogP contribution in [0.3, 0.4) is 0 Å². The number of hydrogen-bond donors (Lipinski definition) is 1. The lowest BCUT2D eigenvalue weighted by Gasteiger charge is -2.19. The summed E-state index contributed by atoms with van der Waals surface area (Å²) in [6.45, 7) is 1.91. The van der Waals surface area contributed by atoms with E-state index in [0.717, 1.165) is 23.6 Å². The molecule has 0 aliphatic rings. The Bertz CT molecular complexity index is 601. The second kappa shape index (κ2) is 7.70. The summed E-state index contributed by atoms with van der Waals surface area (Å²) in [7, 11) is 0. The third-order valence-electron chi connectivity index (χ3n) is 3.30. The van der Waals surface area contributed by atoms with Crippen molar-refractivity contribution in [3.63, 3.8) is 0 Å². The third kappa shape index (κ3) is 3.91. The van der Waals surface area contributed by atoms with Gasteiger partial charge in [0.1, 0.15) is 0 Å². The lowest BCUT2D eigenvalue weighted by Crippen LogP contribution is -2.35. The minimum absolute atomic E-state index is 0.0429. The molecule has 2 unspecified atom stereocenters.